The van der Waals surface area contributed by atoms with Gasteiger partial charge in [-0.25, -0.2) is 13.2 Å². The Morgan fingerprint density at radius 2 is 1.95 bits per heavy atom. The van der Waals surface area contributed by atoms with E-state index in [1.54, 1.807) is 4.90 Å². The number of carbonyl (C=O) groups is 1. The molecule has 19 heavy (non-hydrogen) atoms. The molecule has 1 fully saturated rings. The Morgan fingerprint density at radius 1 is 1.32 bits per heavy atom. The minimum Gasteiger partial charge on any atom is -0.478 e. The fraction of sp³-hybridized carbons (Fsp3) is 0.417. The van der Waals surface area contributed by atoms with E-state index in [0.29, 0.717) is 26.3 Å². The number of carboxylic acids is 1. The number of sulfone groups is 1. The molecule has 1 heterocycles. The van der Waals surface area contributed by atoms with E-state index in [-0.39, 0.29) is 16.1 Å². The second-order valence-electron chi connectivity index (χ2n) is 4.33. The summed E-state index contributed by atoms with van der Waals surface area (Å²) in [7, 11) is -3.48. The van der Waals surface area contributed by atoms with Crippen molar-refractivity contribution >= 4 is 21.5 Å². The summed E-state index contributed by atoms with van der Waals surface area (Å²) in [6.07, 6.45) is 1.08. The molecule has 0 bridgehead atoms. The van der Waals surface area contributed by atoms with Crippen LogP contribution in [0.5, 0.6) is 0 Å². The first kappa shape index (κ1) is 13.8. The minimum absolute atomic E-state index is 0.00447. The van der Waals surface area contributed by atoms with Crippen molar-refractivity contribution in [3.05, 3.63) is 23.8 Å². The Bertz CT molecular complexity index is 590. The normalized spacial score (nSPS) is 16.4. The third-order valence-corrected chi connectivity index (χ3v) is 4.08. The molecule has 0 aromatic heterocycles. The van der Waals surface area contributed by atoms with Crippen molar-refractivity contribution in [2.24, 2.45) is 0 Å². The van der Waals surface area contributed by atoms with Crippen LogP contribution in [0, 0.1) is 0 Å². The lowest BCUT2D eigenvalue weighted by Gasteiger charge is -2.31. The number of hydrogen-bond donors (Lipinski definition) is 1. The molecule has 1 saturated heterocycles. The molecule has 6 nitrogen and oxygen atoms in total. The van der Waals surface area contributed by atoms with Crippen molar-refractivity contribution in [2.45, 2.75) is 4.90 Å². The molecule has 0 radical (unpaired) electrons. The monoisotopic (exact) mass is 285 g/mol. The van der Waals surface area contributed by atoms with Crippen molar-refractivity contribution in [3.63, 3.8) is 0 Å². The van der Waals surface area contributed by atoms with Gasteiger partial charge in [-0.05, 0) is 12.1 Å². The van der Waals surface area contributed by atoms with Gasteiger partial charge in [0.25, 0.3) is 0 Å². The molecular formula is C12H15NO5S. The van der Waals surface area contributed by atoms with Gasteiger partial charge < -0.3 is 14.7 Å². The standard InChI is InChI=1S/C12H15NO5S/c1-19(16,17)10-4-2-3-9(12(14)15)11(10)13-5-7-18-8-6-13/h2-4H,5-8H2,1H3,(H,14,15). The number of morpholine rings is 1. The Morgan fingerprint density at radius 3 is 2.47 bits per heavy atom. The zero-order valence-electron chi connectivity index (χ0n) is 10.5. The maximum atomic E-state index is 11.8. The minimum atomic E-state index is -3.48. The zero-order chi connectivity index (χ0) is 14.0. The highest BCUT2D eigenvalue weighted by Crippen LogP contribution is 2.30. The number of anilines is 1. The molecule has 0 aliphatic carbocycles. The smallest absolute Gasteiger partial charge is 0.337 e. The van der Waals surface area contributed by atoms with Gasteiger partial charge in [0.1, 0.15) is 0 Å². The molecule has 1 aromatic rings. The quantitative estimate of drug-likeness (QED) is 0.876. The molecule has 1 aromatic carbocycles. The van der Waals surface area contributed by atoms with Crippen molar-refractivity contribution in [3.8, 4) is 0 Å². The van der Waals surface area contributed by atoms with Crippen LogP contribution in [0.25, 0.3) is 0 Å². The summed E-state index contributed by atoms with van der Waals surface area (Å²) in [6, 6.07) is 4.30. The van der Waals surface area contributed by atoms with Crippen LogP contribution in [0.1, 0.15) is 10.4 Å². The predicted octanol–water partition coefficient (Wildman–Crippen LogP) is 0.625. The van der Waals surface area contributed by atoms with Gasteiger partial charge in [0.15, 0.2) is 9.84 Å². The van der Waals surface area contributed by atoms with Crippen LogP contribution in [-0.2, 0) is 14.6 Å². The van der Waals surface area contributed by atoms with Crippen LogP contribution in [0.2, 0.25) is 0 Å². The van der Waals surface area contributed by atoms with E-state index < -0.39 is 15.8 Å². The second kappa shape index (κ2) is 5.18. The van der Waals surface area contributed by atoms with Crippen LogP contribution >= 0.6 is 0 Å². The van der Waals surface area contributed by atoms with Crippen molar-refractivity contribution in [2.75, 3.05) is 37.5 Å². The van der Waals surface area contributed by atoms with E-state index in [0.717, 1.165) is 6.26 Å². The molecule has 1 N–H and O–H groups in total. The average molecular weight is 285 g/mol. The maximum absolute atomic E-state index is 11.8. The lowest BCUT2D eigenvalue weighted by atomic mass is 10.1. The molecular weight excluding hydrogens is 270 g/mol. The zero-order valence-corrected chi connectivity index (χ0v) is 11.3. The SMILES string of the molecule is CS(=O)(=O)c1cccc(C(=O)O)c1N1CCOCC1. The van der Waals surface area contributed by atoms with Gasteiger partial charge in [0.2, 0.25) is 0 Å². The van der Waals surface area contributed by atoms with E-state index in [4.69, 9.17) is 4.74 Å². The Hall–Kier alpha value is -1.60. The van der Waals surface area contributed by atoms with E-state index in [2.05, 4.69) is 0 Å². The Kier molecular flexibility index (Phi) is 3.77. The molecule has 0 amide bonds. The molecule has 7 heteroatoms. The average Bonchev–Trinajstić information content (AvgIpc) is 2.37. The number of rotatable bonds is 3. The Balaban J connectivity index is 2.62. The predicted molar refractivity (Wildman–Crippen MR) is 69.5 cm³/mol. The van der Waals surface area contributed by atoms with Gasteiger partial charge in [-0.3, -0.25) is 0 Å². The fourth-order valence-corrected chi connectivity index (χ4v) is 3.02. The topological polar surface area (TPSA) is 83.9 Å². The lowest BCUT2D eigenvalue weighted by Crippen LogP contribution is -2.38. The first-order chi connectivity index (χ1) is 8.91. The first-order valence-corrected chi connectivity index (χ1v) is 7.69. The highest BCUT2D eigenvalue weighted by molar-refractivity contribution is 7.90. The van der Waals surface area contributed by atoms with Gasteiger partial charge >= 0.3 is 5.97 Å². The van der Waals surface area contributed by atoms with Crippen LogP contribution in [0.3, 0.4) is 0 Å². The van der Waals surface area contributed by atoms with Gasteiger partial charge in [-0.2, -0.15) is 0 Å². The molecule has 0 saturated carbocycles. The van der Waals surface area contributed by atoms with E-state index in [1.165, 1.54) is 18.2 Å². The lowest BCUT2D eigenvalue weighted by molar-refractivity contribution is 0.0696. The number of nitrogens with zero attached hydrogens (tertiary/aromatic N) is 1. The summed E-state index contributed by atoms with van der Waals surface area (Å²) in [4.78, 5) is 13.1. The summed E-state index contributed by atoms with van der Waals surface area (Å²) in [6.45, 7) is 1.87. The fourth-order valence-electron chi connectivity index (χ4n) is 2.11. The largest absolute Gasteiger partial charge is 0.478 e. The van der Waals surface area contributed by atoms with Crippen molar-refractivity contribution < 1.29 is 23.1 Å². The summed E-state index contributed by atoms with van der Waals surface area (Å²) in [5, 5.41) is 9.23. The van der Waals surface area contributed by atoms with Crippen molar-refractivity contribution in [1.82, 2.24) is 0 Å². The molecule has 104 valence electrons. The number of benzene rings is 1. The van der Waals surface area contributed by atoms with Crippen molar-refractivity contribution in [1.29, 1.82) is 0 Å². The Labute approximate surface area is 111 Å². The molecule has 2 rings (SSSR count). The number of carboxylic acid groups (broad SMARTS) is 1. The van der Waals surface area contributed by atoms with Gasteiger partial charge in [0, 0.05) is 19.3 Å². The maximum Gasteiger partial charge on any atom is 0.337 e. The number of para-hydroxylation sites is 1. The van der Waals surface area contributed by atoms with Gasteiger partial charge in [-0.15, -0.1) is 0 Å². The summed E-state index contributed by atoms with van der Waals surface area (Å²) < 4.78 is 28.8. The third-order valence-electron chi connectivity index (χ3n) is 2.96. The molecule has 1 aliphatic heterocycles. The second-order valence-corrected chi connectivity index (χ2v) is 6.31. The third kappa shape index (κ3) is 2.87. The summed E-state index contributed by atoms with van der Waals surface area (Å²) in [5.74, 6) is -1.13. The molecule has 0 unspecified atom stereocenters. The van der Waals surface area contributed by atoms with Crippen LogP contribution in [0.4, 0.5) is 5.69 Å². The summed E-state index contributed by atoms with van der Waals surface area (Å²) in [5.41, 5.74) is 0.269. The van der Waals surface area contributed by atoms with E-state index in [1.807, 2.05) is 0 Å². The van der Waals surface area contributed by atoms with E-state index in [9.17, 15) is 18.3 Å². The first-order valence-electron chi connectivity index (χ1n) is 5.80. The van der Waals surface area contributed by atoms with Gasteiger partial charge in [0.05, 0.1) is 29.4 Å². The molecule has 1 aliphatic rings. The van der Waals surface area contributed by atoms with Crippen LogP contribution in [0.15, 0.2) is 23.1 Å². The number of hydrogen-bond acceptors (Lipinski definition) is 5. The van der Waals surface area contributed by atoms with Crippen LogP contribution < -0.4 is 4.90 Å². The van der Waals surface area contributed by atoms with Crippen LogP contribution in [-0.4, -0.2) is 52.1 Å². The highest BCUT2D eigenvalue weighted by atomic mass is 32.2. The molecule has 0 spiro atoms. The van der Waals surface area contributed by atoms with Gasteiger partial charge in [-0.1, -0.05) is 6.07 Å². The number of ether oxygens (including phenoxy) is 1. The molecule has 0 atom stereocenters. The highest BCUT2D eigenvalue weighted by Gasteiger charge is 2.25. The van der Waals surface area contributed by atoms with E-state index >= 15 is 0 Å². The number of aromatic carboxylic acids is 1. The summed E-state index contributed by atoms with van der Waals surface area (Å²) >= 11 is 0.